The van der Waals surface area contributed by atoms with Crippen molar-refractivity contribution in [3.8, 4) is 0 Å². The second-order valence-corrected chi connectivity index (χ2v) is 6.91. The van der Waals surface area contributed by atoms with E-state index in [0.29, 0.717) is 18.4 Å². The van der Waals surface area contributed by atoms with Gasteiger partial charge in [-0.25, -0.2) is 0 Å². The summed E-state index contributed by atoms with van der Waals surface area (Å²) in [5, 5.41) is 9.46. The van der Waals surface area contributed by atoms with E-state index in [1.807, 2.05) is 11.8 Å². The molecule has 2 heterocycles. The number of hydrogen-bond acceptors (Lipinski definition) is 4. The monoisotopic (exact) mass is 297 g/mol. The lowest BCUT2D eigenvalue weighted by Gasteiger charge is -2.39. The lowest BCUT2D eigenvalue weighted by molar-refractivity contribution is -0.140. The molecule has 2 aliphatic rings. The summed E-state index contributed by atoms with van der Waals surface area (Å²) in [7, 11) is 0. The number of nitrogens with zero attached hydrogens (tertiary/aromatic N) is 3. The molecule has 2 aliphatic heterocycles. The van der Waals surface area contributed by atoms with Crippen LogP contribution in [0.15, 0.2) is 0 Å². The standard InChI is InChI=1S/C16H31N3O2/c1-13(2)15(18-6-4-5-7-18)16(21)19-10-8-17(9-11-19)12-14(3)20/h13-15,20H,4-12H2,1-3H3/t14-,15-/m0/s1. The Balaban J connectivity index is 1.90. The summed E-state index contributed by atoms with van der Waals surface area (Å²) in [6, 6.07) is 0.0517. The average Bonchev–Trinajstić information content (AvgIpc) is 2.92. The Kier molecular flexibility index (Phi) is 6.02. The maximum Gasteiger partial charge on any atom is 0.240 e. The number of β-amino-alcohol motifs (C(OH)–C–C–N with tert-alkyl or cyclic N) is 1. The highest BCUT2D eigenvalue weighted by Gasteiger charge is 2.34. The molecular formula is C16H31N3O2. The van der Waals surface area contributed by atoms with E-state index >= 15 is 0 Å². The van der Waals surface area contributed by atoms with Crippen LogP contribution in [0.1, 0.15) is 33.6 Å². The zero-order valence-electron chi connectivity index (χ0n) is 13.8. The van der Waals surface area contributed by atoms with Crippen molar-refractivity contribution in [2.24, 2.45) is 5.92 Å². The van der Waals surface area contributed by atoms with Crippen LogP contribution >= 0.6 is 0 Å². The van der Waals surface area contributed by atoms with Gasteiger partial charge in [0.05, 0.1) is 12.1 Å². The molecule has 2 saturated heterocycles. The van der Waals surface area contributed by atoms with Gasteiger partial charge in [0, 0.05) is 32.7 Å². The average molecular weight is 297 g/mol. The maximum atomic E-state index is 12.9. The molecule has 0 saturated carbocycles. The maximum absolute atomic E-state index is 12.9. The lowest BCUT2D eigenvalue weighted by Crippen LogP contribution is -2.56. The minimum absolute atomic E-state index is 0.0517. The molecule has 122 valence electrons. The molecular weight excluding hydrogens is 266 g/mol. The number of likely N-dealkylation sites (tertiary alicyclic amines) is 1. The number of aliphatic hydroxyl groups excluding tert-OH is 1. The highest BCUT2D eigenvalue weighted by Crippen LogP contribution is 2.20. The molecule has 21 heavy (non-hydrogen) atoms. The van der Waals surface area contributed by atoms with Crippen molar-refractivity contribution in [1.82, 2.24) is 14.7 Å². The summed E-state index contributed by atoms with van der Waals surface area (Å²) in [4.78, 5) is 19.5. The molecule has 0 radical (unpaired) electrons. The molecule has 2 atom stereocenters. The SMILES string of the molecule is CC(C)[C@@H](C(=O)N1CCN(C[C@H](C)O)CC1)N1CCCC1. The first-order valence-electron chi connectivity index (χ1n) is 8.42. The van der Waals surface area contributed by atoms with E-state index in [9.17, 15) is 9.90 Å². The van der Waals surface area contributed by atoms with Crippen LogP contribution in [0.5, 0.6) is 0 Å². The van der Waals surface area contributed by atoms with E-state index in [1.54, 1.807) is 0 Å². The zero-order valence-corrected chi connectivity index (χ0v) is 13.8. The van der Waals surface area contributed by atoms with Crippen molar-refractivity contribution in [3.05, 3.63) is 0 Å². The molecule has 0 aliphatic carbocycles. The predicted octanol–water partition coefficient (Wildman–Crippen LogP) is 0.632. The molecule has 0 aromatic rings. The Morgan fingerprint density at radius 1 is 1.00 bits per heavy atom. The van der Waals surface area contributed by atoms with Crippen LogP contribution in [0.3, 0.4) is 0 Å². The number of hydrogen-bond donors (Lipinski definition) is 1. The topological polar surface area (TPSA) is 47.0 Å². The number of carbonyl (C=O) groups excluding carboxylic acids is 1. The first-order valence-corrected chi connectivity index (χ1v) is 8.42. The quantitative estimate of drug-likeness (QED) is 0.809. The number of aliphatic hydroxyl groups is 1. The van der Waals surface area contributed by atoms with Gasteiger partial charge >= 0.3 is 0 Å². The first-order chi connectivity index (χ1) is 9.99. The van der Waals surface area contributed by atoms with Gasteiger partial charge < -0.3 is 10.0 Å². The largest absolute Gasteiger partial charge is 0.392 e. The fourth-order valence-electron chi connectivity index (χ4n) is 3.59. The number of carbonyl (C=O) groups is 1. The molecule has 5 nitrogen and oxygen atoms in total. The molecule has 1 amide bonds. The Bertz CT molecular complexity index is 332. The summed E-state index contributed by atoms with van der Waals surface area (Å²) >= 11 is 0. The highest BCUT2D eigenvalue weighted by atomic mass is 16.3. The van der Waals surface area contributed by atoms with Crippen molar-refractivity contribution >= 4 is 5.91 Å². The van der Waals surface area contributed by atoms with Gasteiger partial charge in [-0.2, -0.15) is 0 Å². The van der Waals surface area contributed by atoms with Crippen molar-refractivity contribution in [2.75, 3.05) is 45.8 Å². The Morgan fingerprint density at radius 3 is 2.05 bits per heavy atom. The third kappa shape index (κ3) is 4.41. The van der Waals surface area contributed by atoms with Crippen LogP contribution in [-0.2, 0) is 4.79 Å². The van der Waals surface area contributed by atoms with Gasteiger partial charge in [0.25, 0.3) is 0 Å². The van der Waals surface area contributed by atoms with Gasteiger partial charge in [-0.05, 0) is 38.8 Å². The van der Waals surface area contributed by atoms with E-state index in [4.69, 9.17) is 0 Å². The van der Waals surface area contributed by atoms with Crippen LogP contribution in [0, 0.1) is 5.92 Å². The van der Waals surface area contributed by atoms with E-state index < -0.39 is 0 Å². The first kappa shape index (κ1) is 16.7. The van der Waals surface area contributed by atoms with Crippen LogP contribution in [0.2, 0.25) is 0 Å². The molecule has 1 N–H and O–H groups in total. The van der Waals surface area contributed by atoms with Crippen LogP contribution in [0.4, 0.5) is 0 Å². The second kappa shape index (κ2) is 7.56. The molecule has 0 bridgehead atoms. The third-order valence-electron chi connectivity index (χ3n) is 4.62. The molecule has 0 aromatic carbocycles. The van der Waals surface area contributed by atoms with Gasteiger partial charge in [0.1, 0.15) is 0 Å². The van der Waals surface area contributed by atoms with Gasteiger partial charge in [-0.1, -0.05) is 13.8 Å². The Labute approximate surface area is 128 Å². The fraction of sp³-hybridized carbons (Fsp3) is 0.938. The minimum Gasteiger partial charge on any atom is -0.392 e. The van der Waals surface area contributed by atoms with E-state index in [2.05, 4.69) is 23.6 Å². The third-order valence-corrected chi connectivity index (χ3v) is 4.62. The van der Waals surface area contributed by atoms with Crippen molar-refractivity contribution in [2.45, 2.75) is 45.8 Å². The summed E-state index contributed by atoms with van der Waals surface area (Å²) in [6.45, 7) is 12.3. The molecule has 0 spiro atoms. The van der Waals surface area contributed by atoms with Gasteiger partial charge in [0.2, 0.25) is 5.91 Å². The molecule has 2 rings (SSSR count). The van der Waals surface area contributed by atoms with Crippen molar-refractivity contribution in [1.29, 1.82) is 0 Å². The minimum atomic E-state index is -0.291. The Hall–Kier alpha value is -0.650. The summed E-state index contributed by atoms with van der Waals surface area (Å²) in [5.74, 6) is 0.676. The Morgan fingerprint density at radius 2 is 1.57 bits per heavy atom. The number of rotatable bonds is 5. The number of piperazine rings is 1. The van der Waals surface area contributed by atoms with Crippen LogP contribution < -0.4 is 0 Å². The van der Waals surface area contributed by atoms with E-state index in [-0.39, 0.29) is 12.1 Å². The second-order valence-electron chi connectivity index (χ2n) is 6.91. The lowest BCUT2D eigenvalue weighted by atomic mass is 10.0. The molecule has 0 aromatic heterocycles. The van der Waals surface area contributed by atoms with Crippen LogP contribution in [-0.4, -0.2) is 83.7 Å². The summed E-state index contributed by atoms with van der Waals surface area (Å²) in [6.07, 6.45) is 2.15. The fourth-order valence-corrected chi connectivity index (χ4v) is 3.59. The summed E-state index contributed by atoms with van der Waals surface area (Å²) in [5.41, 5.74) is 0. The molecule has 2 fully saturated rings. The van der Waals surface area contributed by atoms with Gasteiger partial charge in [-0.3, -0.25) is 14.6 Å². The highest BCUT2D eigenvalue weighted by molar-refractivity contribution is 5.82. The van der Waals surface area contributed by atoms with E-state index in [1.165, 1.54) is 12.8 Å². The zero-order chi connectivity index (χ0) is 15.4. The molecule has 5 heteroatoms. The normalized spacial score (nSPS) is 24.5. The smallest absolute Gasteiger partial charge is 0.240 e. The molecule has 0 unspecified atom stereocenters. The number of amides is 1. The summed E-state index contributed by atoms with van der Waals surface area (Å²) < 4.78 is 0. The predicted molar refractivity (Wildman–Crippen MR) is 84.1 cm³/mol. The van der Waals surface area contributed by atoms with Gasteiger partial charge in [-0.15, -0.1) is 0 Å². The van der Waals surface area contributed by atoms with Crippen LogP contribution in [0.25, 0.3) is 0 Å². The van der Waals surface area contributed by atoms with Crippen molar-refractivity contribution < 1.29 is 9.90 Å². The van der Waals surface area contributed by atoms with Crippen molar-refractivity contribution in [3.63, 3.8) is 0 Å². The van der Waals surface area contributed by atoms with Gasteiger partial charge in [0.15, 0.2) is 0 Å². The van der Waals surface area contributed by atoms with E-state index in [0.717, 1.165) is 39.3 Å².